The molecule has 0 bridgehead atoms. The number of urea groups is 1. The maximum absolute atomic E-state index is 12.5. The lowest BCUT2D eigenvalue weighted by molar-refractivity contribution is -0.136. The quantitative estimate of drug-likeness (QED) is 0.0559. The summed E-state index contributed by atoms with van der Waals surface area (Å²) in [6.45, 7) is 3.85. The maximum atomic E-state index is 12.5. The fourth-order valence-electron chi connectivity index (χ4n) is 5.18. The van der Waals surface area contributed by atoms with E-state index in [1.165, 1.54) is 13.3 Å². The maximum Gasteiger partial charge on any atom is 0.337 e. The monoisotopic (exact) mass is 692 g/mol. The molecule has 4 N–H and O–H groups in total. The highest BCUT2D eigenvalue weighted by atomic mass is 35.5. The van der Waals surface area contributed by atoms with Crippen molar-refractivity contribution >= 4 is 52.2 Å². The van der Waals surface area contributed by atoms with E-state index in [1.807, 2.05) is 42.5 Å². The molecular weight excluding hydrogens is 659 g/mol. The van der Waals surface area contributed by atoms with Crippen molar-refractivity contribution in [3.8, 4) is 17.2 Å². The molecule has 13 heteroatoms. The van der Waals surface area contributed by atoms with Crippen molar-refractivity contribution in [1.82, 2.24) is 16.1 Å². The molecule has 0 radical (unpaired) electrons. The fraction of sp³-hybridized carbons (Fsp3) is 0.229. The number of nitrogens with one attached hydrogen (secondary N) is 3. The van der Waals surface area contributed by atoms with E-state index in [0.717, 1.165) is 16.3 Å². The largest absolute Gasteiger partial charge is 0.490 e. The standard InChI is InChI=1S/C35H34Cl2N4O7/c1-4-46-29-16-23(32-31(34(43)45-3)20(2)39-35(44)40-32)12-13-28(29)47-19-30(42)41-38-17-21-14-26(36)33(27(37)15-21)48-18-24-10-7-9-22-8-5-6-11-25(22)24/h5-17,30,32,41-42H,4,18-19H2,1-3H3,(H2,39,40,44)/b38-17-/t30-,32+/m0/s1. The van der Waals surface area contributed by atoms with Gasteiger partial charge in [0.25, 0.3) is 0 Å². The number of carbonyl (C=O) groups excluding carboxylic acids is 2. The second kappa shape index (κ2) is 15.7. The number of fused-ring (bicyclic) bond motifs is 1. The van der Waals surface area contributed by atoms with Gasteiger partial charge in [-0.25, -0.2) is 9.59 Å². The van der Waals surface area contributed by atoms with Crippen LogP contribution in [0.4, 0.5) is 4.79 Å². The van der Waals surface area contributed by atoms with Crippen LogP contribution in [0.15, 0.2) is 89.2 Å². The van der Waals surface area contributed by atoms with Gasteiger partial charge in [0.15, 0.2) is 23.5 Å². The lowest BCUT2D eigenvalue weighted by atomic mass is 9.95. The first kappa shape index (κ1) is 34.4. The molecule has 0 aliphatic carbocycles. The van der Waals surface area contributed by atoms with E-state index in [2.05, 4.69) is 21.2 Å². The second-order valence-corrected chi connectivity index (χ2v) is 11.5. The van der Waals surface area contributed by atoms with Crippen molar-refractivity contribution in [1.29, 1.82) is 0 Å². The van der Waals surface area contributed by atoms with Gasteiger partial charge in [-0.3, -0.25) is 5.43 Å². The summed E-state index contributed by atoms with van der Waals surface area (Å²) in [6.07, 6.45) is 0.266. The van der Waals surface area contributed by atoms with Gasteiger partial charge in [-0.15, -0.1) is 0 Å². The van der Waals surface area contributed by atoms with E-state index >= 15 is 0 Å². The Bertz CT molecular complexity index is 1850. The summed E-state index contributed by atoms with van der Waals surface area (Å²) in [5, 5.41) is 22.7. The summed E-state index contributed by atoms with van der Waals surface area (Å²) in [5.74, 6) is 0.468. The molecule has 4 aromatic rings. The van der Waals surface area contributed by atoms with Gasteiger partial charge in [-0.1, -0.05) is 71.7 Å². The molecule has 0 aromatic heterocycles. The van der Waals surface area contributed by atoms with E-state index in [1.54, 1.807) is 44.2 Å². The summed E-state index contributed by atoms with van der Waals surface area (Å²) in [4.78, 5) is 24.6. The van der Waals surface area contributed by atoms with Crippen LogP contribution in [0.5, 0.6) is 17.2 Å². The average molecular weight is 694 g/mol. The first-order valence-corrected chi connectivity index (χ1v) is 15.7. The molecular formula is C35H34Cl2N4O7. The minimum Gasteiger partial charge on any atom is -0.490 e. The molecule has 2 atom stereocenters. The summed E-state index contributed by atoms with van der Waals surface area (Å²) in [7, 11) is 1.27. The predicted octanol–water partition coefficient (Wildman–Crippen LogP) is 6.25. The summed E-state index contributed by atoms with van der Waals surface area (Å²) in [5.41, 5.74) is 5.40. The number of methoxy groups -OCH3 is 1. The third kappa shape index (κ3) is 8.11. The number of carbonyl (C=O) groups is 2. The number of amides is 2. The van der Waals surface area contributed by atoms with Crippen molar-refractivity contribution in [2.45, 2.75) is 32.7 Å². The Kier molecular flexibility index (Phi) is 11.3. The zero-order valence-electron chi connectivity index (χ0n) is 26.4. The van der Waals surface area contributed by atoms with Gasteiger partial charge in [-0.05, 0) is 65.6 Å². The highest BCUT2D eigenvalue weighted by Crippen LogP contribution is 2.36. The second-order valence-electron chi connectivity index (χ2n) is 10.7. The molecule has 4 aromatic carbocycles. The Morgan fingerprint density at radius 3 is 2.52 bits per heavy atom. The van der Waals surface area contributed by atoms with Crippen molar-refractivity contribution in [2.24, 2.45) is 5.10 Å². The number of nitrogens with zero attached hydrogens (tertiary/aromatic N) is 1. The third-order valence-corrected chi connectivity index (χ3v) is 7.94. The van der Waals surface area contributed by atoms with Crippen LogP contribution in [0.1, 0.15) is 36.6 Å². The molecule has 5 rings (SSSR count). The van der Waals surface area contributed by atoms with Crippen molar-refractivity contribution in [3.05, 3.63) is 111 Å². The van der Waals surface area contributed by atoms with Crippen LogP contribution in [0.25, 0.3) is 10.8 Å². The highest BCUT2D eigenvalue weighted by molar-refractivity contribution is 6.37. The molecule has 1 aliphatic heterocycles. The van der Waals surface area contributed by atoms with Crippen LogP contribution in [-0.4, -0.2) is 49.9 Å². The zero-order valence-corrected chi connectivity index (χ0v) is 27.9. The SMILES string of the molecule is CCOc1cc([C@H]2NC(=O)NC(C)=C2C(=O)OC)ccc1OC[C@H](O)N/N=C\c1cc(Cl)c(OCc2cccc3ccccc23)c(Cl)c1. The summed E-state index contributed by atoms with van der Waals surface area (Å²) in [6, 6.07) is 21.1. The number of aliphatic hydroxyl groups is 1. The van der Waals surface area contributed by atoms with Gasteiger partial charge in [0.05, 0.1) is 41.6 Å². The molecule has 1 heterocycles. The molecule has 0 saturated heterocycles. The van der Waals surface area contributed by atoms with Crippen LogP contribution in [0, 0.1) is 0 Å². The van der Waals surface area contributed by atoms with Gasteiger partial charge in [0.1, 0.15) is 13.2 Å². The molecule has 0 saturated carbocycles. The molecule has 0 fully saturated rings. The Balaban J connectivity index is 1.19. The van der Waals surface area contributed by atoms with Crippen LogP contribution < -0.4 is 30.3 Å². The van der Waals surface area contributed by atoms with E-state index in [4.69, 9.17) is 42.1 Å². The van der Waals surface area contributed by atoms with Crippen molar-refractivity contribution in [2.75, 3.05) is 20.3 Å². The number of esters is 1. The Hall–Kier alpha value is -4.97. The van der Waals surface area contributed by atoms with E-state index in [-0.39, 0.29) is 18.8 Å². The van der Waals surface area contributed by atoms with Crippen LogP contribution in [0.2, 0.25) is 10.0 Å². The lowest BCUT2D eigenvalue weighted by Gasteiger charge is -2.28. The summed E-state index contributed by atoms with van der Waals surface area (Å²) >= 11 is 13.0. The first-order valence-electron chi connectivity index (χ1n) is 15.0. The van der Waals surface area contributed by atoms with Crippen LogP contribution in [0.3, 0.4) is 0 Å². The van der Waals surface area contributed by atoms with Crippen LogP contribution in [-0.2, 0) is 16.1 Å². The Morgan fingerprint density at radius 2 is 1.77 bits per heavy atom. The molecule has 11 nitrogen and oxygen atoms in total. The zero-order chi connectivity index (χ0) is 34.2. The van der Waals surface area contributed by atoms with Crippen molar-refractivity contribution in [3.63, 3.8) is 0 Å². The topological polar surface area (TPSA) is 140 Å². The van der Waals surface area contributed by atoms with Crippen molar-refractivity contribution < 1.29 is 33.6 Å². The minimum absolute atomic E-state index is 0.185. The number of ether oxygens (including phenoxy) is 4. The van der Waals surface area contributed by atoms with Gasteiger partial charge < -0.3 is 34.7 Å². The molecule has 48 heavy (non-hydrogen) atoms. The number of aliphatic hydroxyl groups excluding tert-OH is 1. The predicted molar refractivity (Wildman–Crippen MR) is 184 cm³/mol. The van der Waals surface area contributed by atoms with Gasteiger partial charge >= 0.3 is 12.0 Å². The molecule has 2 amide bonds. The smallest absolute Gasteiger partial charge is 0.337 e. The Labute approximate surface area is 287 Å². The number of rotatable bonds is 13. The van der Waals surface area contributed by atoms with E-state index < -0.39 is 24.3 Å². The van der Waals surface area contributed by atoms with E-state index in [9.17, 15) is 14.7 Å². The van der Waals surface area contributed by atoms with Crippen LogP contribution >= 0.6 is 23.2 Å². The number of halogens is 2. The first-order chi connectivity index (χ1) is 23.2. The number of benzene rings is 4. The molecule has 250 valence electrons. The normalized spacial score (nSPS) is 15.1. The minimum atomic E-state index is -1.19. The fourth-order valence-corrected chi connectivity index (χ4v) is 5.79. The summed E-state index contributed by atoms with van der Waals surface area (Å²) < 4.78 is 22.5. The Morgan fingerprint density at radius 1 is 1.02 bits per heavy atom. The van der Waals surface area contributed by atoms with Gasteiger partial charge in [0, 0.05) is 5.70 Å². The van der Waals surface area contributed by atoms with Gasteiger partial charge in [0.2, 0.25) is 0 Å². The average Bonchev–Trinajstić information content (AvgIpc) is 3.07. The number of allylic oxidation sites excluding steroid dienone is 1. The third-order valence-electron chi connectivity index (χ3n) is 7.38. The number of hydrazone groups is 1. The lowest BCUT2D eigenvalue weighted by Crippen LogP contribution is -2.45. The highest BCUT2D eigenvalue weighted by Gasteiger charge is 2.32. The van der Waals surface area contributed by atoms with E-state index in [0.29, 0.717) is 50.7 Å². The molecule has 0 unspecified atom stereocenters. The van der Waals surface area contributed by atoms with Gasteiger partial charge in [-0.2, -0.15) is 5.10 Å². The molecule has 0 spiro atoms. The number of hydrogen-bond donors (Lipinski definition) is 4. The molecule has 1 aliphatic rings. The number of hydrogen-bond acceptors (Lipinski definition) is 9.